The lowest BCUT2D eigenvalue weighted by Crippen LogP contribution is -2.19. The average Bonchev–Trinajstić information content (AvgIpc) is 2.57. The summed E-state index contributed by atoms with van der Waals surface area (Å²) >= 11 is 3.80. The van der Waals surface area contributed by atoms with Gasteiger partial charge in [-0.05, 0) is 11.6 Å². The minimum atomic E-state index is -0.215. The first-order valence-electron chi connectivity index (χ1n) is 5.06. The quantitative estimate of drug-likeness (QED) is 0.794. The molecule has 0 aliphatic carbocycles. The summed E-state index contributed by atoms with van der Waals surface area (Å²) in [6.45, 7) is 0.587. The normalized spacial score (nSPS) is 10.7. The summed E-state index contributed by atoms with van der Waals surface area (Å²) in [6, 6.07) is 8.16. The third-order valence-corrected chi connectivity index (χ3v) is 3.05. The van der Waals surface area contributed by atoms with Gasteiger partial charge in [0.15, 0.2) is 0 Å². The number of fused-ring (bicyclic) bond motifs is 1. The van der Waals surface area contributed by atoms with Crippen LogP contribution in [-0.2, 0) is 13.6 Å². The van der Waals surface area contributed by atoms with Gasteiger partial charge in [-0.25, -0.2) is 0 Å². The van der Waals surface area contributed by atoms with E-state index in [-0.39, 0.29) is 5.24 Å². The zero-order valence-corrected chi connectivity index (χ0v) is 10.2. The van der Waals surface area contributed by atoms with Crippen LogP contribution in [0, 0.1) is 0 Å². The van der Waals surface area contributed by atoms with E-state index >= 15 is 0 Å². The Morgan fingerprint density at radius 3 is 2.81 bits per heavy atom. The van der Waals surface area contributed by atoms with E-state index in [0.29, 0.717) is 6.54 Å². The number of thiol groups is 1. The maximum atomic E-state index is 11.1. The van der Waals surface area contributed by atoms with Crippen LogP contribution in [0.4, 0.5) is 4.79 Å². The van der Waals surface area contributed by atoms with Gasteiger partial charge in [-0.1, -0.05) is 30.8 Å². The molecule has 1 aromatic carbocycles. The van der Waals surface area contributed by atoms with E-state index in [1.54, 1.807) is 11.9 Å². The number of para-hydroxylation sites is 1. The van der Waals surface area contributed by atoms with Gasteiger partial charge >= 0.3 is 0 Å². The second kappa shape index (κ2) is 4.22. The molecule has 2 rings (SSSR count). The van der Waals surface area contributed by atoms with Crippen molar-refractivity contribution < 1.29 is 4.79 Å². The van der Waals surface area contributed by atoms with Crippen LogP contribution in [0.5, 0.6) is 0 Å². The van der Waals surface area contributed by atoms with Crippen molar-refractivity contribution in [1.29, 1.82) is 0 Å². The molecule has 0 saturated carbocycles. The van der Waals surface area contributed by atoms with Crippen molar-refractivity contribution in [3.05, 3.63) is 36.0 Å². The van der Waals surface area contributed by atoms with Gasteiger partial charge < -0.3 is 9.47 Å². The first kappa shape index (κ1) is 11.1. The Bertz CT molecular complexity index is 533. The number of rotatable bonds is 2. The Balaban J connectivity index is 2.42. The van der Waals surface area contributed by atoms with E-state index in [1.165, 1.54) is 10.9 Å². The summed E-state index contributed by atoms with van der Waals surface area (Å²) in [5.41, 5.74) is 2.32. The van der Waals surface area contributed by atoms with E-state index in [9.17, 15) is 4.79 Å². The molecule has 16 heavy (non-hydrogen) atoms. The number of amides is 1. The van der Waals surface area contributed by atoms with Crippen molar-refractivity contribution in [3.63, 3.8) is 0 Å². The maximum absolute atomic E-state index is 11.1. The lowest BCUT2D eigenvalue weighted by Gasteiger charge is -2.12. The number of carbonyl (C=O) groups is 1. The van der Waals surface area contributed by atoms with Gasteiger partial charge in [0.2, 0.25) is 0 Å². The minimum Gasteiger partial charge on any atom is -0.350 e. The summed E-state index contributed by atoms with van der Waals surface area (Å²) in [6.07, 6.45) is 2.05. The monoisotopic (exact) mass is 234 g/mol. The van der Waals surface area contributed by atoms with Crippen LogP contribution in [-0.4, -0.2) is 21.8 Å². The highest BCUT2D eigenvalue weighted by molar-refractivity contribution is 7.96. The van der Waals surface area contributed by atoms with E-state index < -0.39 is 0 Å². The second-order valence-electron chi connectivity index (χ2n) is 3.92. The van der Waals surface area contributed by atoms with E-state index in [1.807, 2.05) is 19.2 Å². The first-order valence-corrected chi connectivity index (χ1v) is 5.51. The van der Waals surface area contributed by atoms with Crippen LogP contribution in [0.25, 0.3) is 10.9 Å². The van der Waals surface area contributed by atoms with Gasteiger partial charge in [-0.15, -0.1) is 0 Å². The Morgan fingerprint density at radius 1 is 1.44 bits per heavy atom. The van der Waals surface area contributed by atoms with Crippen LogP contribution in [0.3, 0.4) is 0 Å². The van der Waals surface area contributed by atoms with Gasteiger partial charge in [0.25, 0.3) is 5.24 Å². The zero-order valence-electron chi connectivity index (χ0n) is 9.34. The smallest absolute Gasteiger partial charge is 0.278 e. The molecule has 84 valence electrons. The second-order valence-corrected chi connectivity index (χ2v) is 4.30. The van der Waals surface area contributed by atoms with Crippen LogP contribution in [0.1, 0.15) is 5.56 Å². The van der Waals surface area contributed by atoms with E-state index in [4.69, 9.17) is 0 Å². The van der Waals surface area contributed by atoms with Gasteiger partial charge in [0.05, 0.1) is 0 Å². The molecule has 1 amide bonds. The number of nitrogens with zero attached hydrogens (tertiary/aromatic N) is 2. The number of benzene rings is 1. The number of carbonyl (C=O) groups excluding carboxylic acids is 1. The third-order valence-electron chi connectivity index (χ3n) is 2.71. The molecule has 3 nitrogen and oxygen atoms in total. The molecule has 0 unspecified atom stereocenters. The standard InChI is InChI=1S/C12H14N2OS/c1-13-7-9(8-14(2)12(15)16)10-5-3-4-6-11(10)13/h3-7H,8H2,1-2H3,(H,15,16). The SMILES string of the molecule is CN(Cc1cn(C)c2ccccc12)C(=O)S. The fourth-order valence-electron chi connectivity index (χ4n) is 1.87. The van der Waals surface area contributed by atoms with E-state index in [0.717, 1.165) is 5.56 Å². The molecule has 0 radical (unpaired) electrons. The molecular formula is C12H14N2OS. The van der Waals surface area contributed by atoms with Gasteiger partial charge in [0.1, 0.15) is 0 Å². The molecule has 0 saturated heterocycles. The topological polar surface area (TPSA) is 25.2 Å². The Kier molecular flexibility index (Phi) is 2.92. The fourth-order valence-corrected chi connectivity index (χ4v) is 1.95. The lowest BCUT2D eigenvalue weighted by molar-refractivity contribution is 0.232. The van der Waals surface area contributed by atoms with Gasteiger partial charge in [-0.2, -0.15) is 0 Å². The van der Waals surface area contributed by atoms with Crippen molar-refractivity contribution in [3.8, 4) is 0 Å². The first-order chi connectivity index (χ1) is 7.59. The molecule has 0 fully saturated rings. The maximum Gasteiger partial charge on any atom is 0.278 e. The van der Waals surface area contributed by atoms with Crippen molar-refractivity contribution >= 4 is 28.8 Å². The summed E-state index contributed by atoms with van der Waals surface area (Å²) in [5.74, 6) is 0. The highest BCUT2D eigenvalue weighted by Gasteiger charge is 2.09. The lowest BCUT2D eigenvalue weighted by atomic mass is 10.2. The molecule has 0 N–H and O–H groups in total. The molecular weight excluding hydrogens is 220 g/mol. The van der Waals surface area contributed by atoms with Crippen molar-refractivity contribution in [2.45, 2.75) is 6.54 Å². The molecule has 1 heterocycles. The van der Waals surface area contributed by atoms with Gasteiger partial charge in [0, 0.05) is 37.7 Å². The fraction of sp³-hybridized carbons (Fsp3) is 0.250. The summed E-state index contributed by atoms with van der Waals surface area (Å²) in [7, 11) is 3.76. The summed E-state index contributed by atoms with van der Waals surface area (Å²) in [5, 5.41) is 0.972. The van der Waals surface area contributed by atoms with Crippen LogP contribution in [0.2, 0.25) is 0 Å². The Labute approximate surface area is 100 Å². The number of aromatic nitrogens is 1. The average molecular weight is 234 g/mol. The predicted molar refractivity (Wildman–Crippen MR) is 68.8 cm³/mol. The molecule has 1 aromatic heterocycles. The molecule has 4 heteroatoms. The highest BCUT2D eigenvalue weighted by atomic mass is 32.1. The van der Waals surface area contributed by atoms with Crippen molar-refractivity contribution in [1.82, 2.24) is 9.47 Å². The molecule has 2 aromatic rings. The Hall–Kier alpha value is -1.42. The highest BCUT2D eigenvalue weighted by Crippen LogP contribution is 2.21. The van der Waals surface area contributed by atoms with Crippen LogP contribution >= 0.6 is 12.6 Å². The largest absolute Gasteiger partial charge is 0.350 e. The Morgan fingerprint density at radius 2 is 2.12 bits per heavy atom. The van der Waals surface area contributed by atoms with E-state index in [2.05, 4.69) is 35.5 Å². The predicted octanol–water partition coefficient (Wildman–Crippen LogP) is 2.66. The summed E-state index contributed by atoms with van der Waals surface area (Å²) in [4.78, 5) is 12.7. The molecule has 0 aliphatic heterocycles. The molecule has 0 spiro atoms. The minimum absolute atomic E-state index is 0.215. The molecule has 0 bridgehead atoms. The van der Waals surface area contributed by atoms with Crippen LogP contribution < -0.4 is 0 Å². The van der Waals surface area contributed by atoms with Crippen molar-refractivity contribution in [2.75, 3.05) is 7.05 Å². The number of hydrogen-bond acceptors (Lipinski definition) is 1. The van der Waals surface area contributed by atoms with Gasteiger partial charge in [-0.3, -0.25) is 4.79 Å². The molecule has 0 atom stereocenters. The third kappa shape index (κ3) is 1.93. The van der Waals surface area contributed by atoms with Crippen molar-refractivity contribution in [2.24, 2.45) is 7.05 Å². The number of aryl methyl sites for hydroxylation is 1. The zero-order chi connectivity index (χ0) is 11.7. The van der Waals surface area contributed by atoms with Crippen LogP contribution in [0.15, 0.2) is 30.5 Å². The number of hydrogen-bond donors (Lipinski definition) is 1. The molecule has 0 aliphatic rings. The summed E-state index contributed by atoms with van der Waals surface area (Å²) < 4.78 is 2.07.